The smallest absolute Gasteiger partial charge is 0.172 e. The molecule has 4 nitrogen and oxygen atoms in total. The molecule has 1 heterocycles. The standard InChI is InChI=1S/C23H22FN3O/c1-28-23(13-8-14-23)22-19(24)20(25)18(15-26-22)27-21(16-9-4-2-5-10-16)17-11-6-3-7-12-17/h2-7,9-12,15H,8,13-14H2,1H3,(H2,25,26). The Kier molecular flexibility index (Phi) is 4.92. The first-order valence-electron chi connectivity index (χ1n) is 9.34. The molecule has 1 aromatic heterocycles. The van der Waals surface area contributed by atoms with E-state index in [1.807, 2.05) is 60.7 Å². The van der Waals surface area contributed by atoms with Gasteiger partial charge in [-0.05, 0) is 19.3 Å². The van der Waals surface area contributed by atoms with Gasteiger partial charge in [-0.25, -0.2) is 9.38 Å². The third-order valence-corrected chi connectivity index (χ3v) is 5.35. The van der Waals surface area contributed by atoms with Gasteiger partial charge in [0, 0.05) is 18.2 Å². The summed E-state index contributed by atoms with van der Waals surface area (Å²) in [6.45, 7) is 0. The first kappa shape index (κ1) is 18.3. The molecule has 0 atom stereocenters. The maximum absolute atomic E-state index is 15.1. The van der Waals surface area contributed by atoms with Crippen LogP contribution >= 0.6 is 0 Å². The highest BCUT2D eigenvalue weighted by Gasteiger charge is 2.43. The Labute approximate surface area is 163 Å². The molecule has 1 aliphatic carbocycles. The molecule has 28 heavy (non-hydrogen) atoms. The van der Waals surface area contributed by atoms with Crippen molar-refractivity contribution < 1.29 is 9.13 Å². The van der Waals surface area contributed by atoms with Gasteiger partial charge in [0.1, 0.15) is 17.0 Å². The minimum absolute atomic E-state index is 0.00214. The molecule has 142 valence electrons. The summed E-state index contributed by atoms with van der Waals surface area (Å²) in [5.74, 6) is -0.539. The van der Waals surface area contributed by atoms with Crippen molar-refractivity contribution >= 4 is 17.1 Å². The SMILES string of the molecule is COC1(c2ncc(N=C(c3ccccc3)c3ccccc3)c(N)c2F)CCC1. The maximum Gasteiger partial charge on any atom is 0.172 e. The molecule has 0 bridgehead atoms. The zero-order valence-electron chi connectivity index (χ0n) is 15.7. The second kappa shape index (κ2) is 7.52. The van der Waals surface area contributed by atoms with Crippen molar-refractivity contribution in [2.45, 2.75) is 24.9 Å². The zero-order valence-corrected chi connectivity index (χ0v) is 15.7. The van der Waals surface area contributed by atoms with E-state index in [-0.39, 0.29) is 11.4 Å². The van der Waals surface area contributed by atoms with Gasteiger partial charge in [-0.15, -0.1) is 0 Å². The van der Waals surface area contributed by atoms with Crippen LogP contribution in [0.1, 0.15) is 36.1 Å². The number of nitrogens with two attached hydrogens (primary N) is 1. The molecule has 0 unspecified atom stereocenters. The van der Waals surface area contributed by atoms with Gasteiger partial charge in [-0.2, -0.15) is 0 Å². The Morgan fingerprint density at radius 3 is 2.07 bits per heavy atom. The number of aromatic nitrogens is 1. The molecule has 0 spiro atoms. The molecular weight excluding hydrogens is 353 g/mol. The van der Waals surface area contributed by atoms with E-state index in [1.165, 1.54) is 0 Å². The number of anilines is 1. The van der Waals surface area contributed by atoms with E-state index >= 15 is 4.39 Å². The summed E-state index contributed by atoms with van der Waals surface area (Å²) in [7, 11) is 1.59. The van der Waals surface area contributed by atoms with E-state index in [4.69, 9.17) is 15.5 Å². The molecule has 0 saturated heterocycles. The lowest BCUT2D eigenvalue weighted by atomic mass is 9.77. The quantitative estimate of drug-likeness (QED) is 0.639. The third-order valence-electron chi connectivity index (χ3n) is 5.35. The fraction of sp³-hybridized carbons (Fsp3) is 0.217. The van der Waals surface area contributed by atoms with Crippen LogP contribution in [0.4, 0.5) is 15.8 Å². The van der Waals surface area contributed by atoms with Gasteiger partial charge < -0.3 is 10.5 Å². The van der Waals surface area contributed by atoms with Crippen molar-refractivity contribution in [3.8, 4) is 0 Å². The van der Waals surface area contributed by atoms with Gasteiger partial charge in [0.2, 0.25) is 0 Å². The van der Waals surface area contributed by atoms with Crippen LogP contribution in [0.2, 0.25) is 0 Å². The number of pyridine rings is 1. The lowest BCUT2D eigenvalue weighted by Crippen LogP contribution is -2.38. The van der Waals surface area contributed by atoms with Crippen LogP contribution in [0.25, 0.3) is 0 Å². The molecule has 4 rings (SSSR count). The predicted octanol–water partition coefficient (Wildman–Crippen LogP) is 5.00. The second-order valence-corrected chi connectivity index (χ2v) is 6.96. The van der Waals surface area contributed by atoms with Crippen LogP contribution in [-0.4, -0.2) is 17.8 Å². The normalized spacial score (nSPS) is 14.9. The van der Waals surface area contributed by atoms with E-state index in [0.717, 1.165) is 30.4 Å². The Balaban J connectivity index is 1.82. The zero-order chi connectivity index (χ0) is 19.6. The molecule has 1 aliphatic rings. The molecule has 2 aromatic carbocycles. The highest BCUT2D eigenvalue weighted by atomic mass is 19.1. The minimum Gasteiger partial charge on any atom is -0.394 e. The average Bonchev–Trinajstić information content (AvgIpc) is 2.71. The largest absolute Gasteiger partial charge is 0.394 e. The summed E-state index contributed by atoms with van der Waals surface area (Å²) in [4.78, 5) is 9.06. The van der Waals surface area contributed by atoms with Crippen molar-refractivity contribution in [3.05, 3.63) is 89.5 Å². The summed E-state index contributed by atoms with van der Waals surface area (Å²) in [5, 5.41) is 0. The second-order valence-electron chi connectivity index (χ2n) is 6.96. The lowest BCUT2D eigenvalue weighted by molar-refractivity contribution is -0.0835. The molecule has 1 saturated carbocycles. The minimum atomic E-state index is -0.665. The van der Waals surface area contributed by atoms with Gasteiger partial charge >= 0.3 is 0 Å². The summed E-state index contributed by atoms with van der Waals surface area (Å²) in [5.41, 5.74) is 8.62. The van der Waals surface area contributed by atoms with Gasteiger partial charge in [0.05, 0.1) is 17.6 Å². The summed E-state index contributed by atoms with van der Waals surface area (Å²) in [6.07, 6.45) is 4.02. The number of hydrogen-bond donors (Lipinski definition) is 1. The fourth-order valence-electron chi connectivity index (χ4n) is 3.54. The van der Waals surface area contributed by atoms with Crippen LogP contribution in [0.15, 0.2) is 71.9 Å². The molecule has 2 N–H and O–H groups in total. The fourth-order valence-corrected chi connectivity index (χ4v) is 3.54. The molecular formula is C23H22FN3O. The Morgan fingerprint density at radius 1 is 1.04 bits per heavy atom. The third kappa shape index (κ3) is 3.18. The highest BCUT2D eigenvalue weighted by molar-refractivity contribution is 6.14. The van der Waals surface area contributed by atoms with Gasteiger partial charge in [-0.1, -0.05) is 60.7 Å². The molecule has 0 radical (unpaired) electrons. The molecule has 1 fully saturated rings. The van der Waals surface area contributed by atoms with E-state index in [1.54, 1.807) is 13.3 Å². The first-order valence-corrected chi connectivity index (χ1v) is 9.34. The van der Waals surface area contributed by atoms with Gasteiger partial charge in [0.15, 0.2) is 5.82 Å². The highest BCUT2D eigenvalue weighted by Crippen LogP contribution is 2.46. The van der Waals surface area contributed by atoms with E-state index in [9.17, 15) is 0 Å². The Hall–Kier alpha value is -3.05. The van der Waals surface area contributed by atoms with Gasteiger partial charge in [-0.3, -0.25) is 4.98 Å². The number of methoxy groups -OCH3 is 1. The van der Waals surface area contributed by atoms with Crippen molar-refractivity contribution in [1.29, 1.82) is 0 Å². The van der Waals surface area contributed by atoms with Crippen LogP contribution in [0, 0.1) is 5.82 Å². The van der Waals surface area contributed by atoms with E-state index in [0.29, 0.717) is 11.4 Å². The summed E-state index contributed by atoms with van der Waals surface area (Å²) >= 11 is 0. The lowest BCUT2D eigenvalue weighted by Gasteiger charge is -2.40. The van der Waals surface area contributed by atoms with Crippen LogP contribution in [0.5, 0.6) is 0 Å². The topological polar surface area (TPSA) is 60.5 Å². The number of rotatable bonds is 5. The first-order chi connectivity index (χ1) is 13.6. The number of nitrogen functional groups attached to an aromatic ring is 1. The summed E-state index contributed by atoms with van der Waals surface area (Å²) < 4.78 is 20.6. The number of nitrogens with zero attached hydrogens (tertiary/aromatic N) is 2. The molecule has 5 heteroatoms. The molecule has 3 aromatic rings. The number of hydrogen-bond acceptors (Lipinski definition) is 4. The number of ether oxygens (including phenoxy) is 1. The van der Waals surface area contributed by atoms with E-state index < -0.39 is 11.4 Å². The van der Waals surface area contributed by atoms with Crippen molar-refractivity contribution in [2.24, 2.45) is 4.99 Å². The van der Waals surface area contributed by atoms with E-state index in [2.05, 4.69) is 4.98 Å². The Bertz CT molecular complexity index is 952. The number of aliphatic imine (C=N–C) groups is 1. The molecule has 0 aliphatic heterocycles. The van der Waals surface area contributed by atoms with Crippen molar-refractivity contribution in [1.82, 2.24) is 4.98 Å². The monoisotopic (exact) mass is 375 g/mol. The van der Waals surface area contributed by atoms with Crippen molar-refractivity contribution in [2.75, 3.05) is 12.8 Å². The van der Waals surface area contributed by atoms with Crippen molar-refractivity contribution in [3.63, 3.8) is 0 Å². The predicted molar refractivity (Wildman–Crippen MR) is 109 cm³/mol. The van der Waals surface area contributed by atoms with Crippen LogP contribution < -0.4 is 5.73 Å². The summed E-state index contributed by atoms with van der Waals surface area (Å²) in [6, 6.07) is 19.5. The van der Waals surface area contributed by atoms with Crippen LogP contribution in [-0.2, 0) is 10.3 Å². The Morgan fingerprint density at radius 2 is 1.61 bits per heavy atom. The number of halogens is 1. The maximum atomic E-state index is 15.1. The number of benzene rings is 2. The molecule has 0 amide bonds. The van der Waals surface area contributed by atoms with Crippen LogP contribution in [0.3, 0.4) is 0 Å². The average molecular weight is 375 g/mol. The van der Waals surface area contributed by atoms with Gasteiger partial charge in [0.25, 0.3) is 0 Å².